The number of piperazine rings is 1. The minimum absolute atomic E-state index is 0.124. The van der Waals surface area contributed by atoms with Crippen molar-refractivity contribution in [3.05, 3.63) is 0 Å². The Hall–Kier alpha value is -1.41. The van der Waals surface area contributed by atoms with E-state index in [1.165, 1.54) is 0 Å². The maximum Gasteiger partial charge on any atom is 0.243 e. The fourth-order valence-electron chi connectivity index (χ4n) is 1.59. The lowest BCUT2D eigenvalue weighted by Crippen LogP contribution is -2.59. The van der Waals surface area contributed by atoms with Gasteiger partial charge in [-0.1, -0.05) is 6.92 Å². The van der Waals surface area contributed by atoms with Crippen molar-refractivity contribution in [3.8, 4) is 6.07 Å². The molecular weight excluding hydrogens is 182 g/mol. The lowest BCUT2D eigenvalue weighted by molar-refractivity contribution is -0.140. The molecule has 5 heteroatoms. The molecule has 0 aromatic carbocycles. The third-order valence-corrected chi connectivity index (χ3v) is 2.36. The Labute approximate surface area is 82.7 Å². The standard InChI is InChI=1S/C9H13N3O2/c1-3-7-9(14)11-8(13)5-12(7)6(2)4-10/h6-7H,3,5H2,1-2H3,(H,11,13,14). The van der Waals surface area contributed by atoms with Crippen molar-refractivity contribution in [2.75, 3.05) is 6.54 Å². The van der Waals surface area contributed by atoms with Crippen LogP contribution in [0.2, 0.25) is 0 Å². The van der Waals surface area contributed by atoms with Crippen LogP contribution in [-0.2, 0) is 9.59 Å². The highest BCUT2D eigenvalue weighted by molar-refractivity contribution is 6.01. The Bertz CT molecular complexity index is 295. The van der Waals surface area contributed by atoms with Crippen molar-refractivity contribution in [2.45, 2.75) is 32.4 Å². The molecule has 0 aromatic rings. The molecule has 0 bridgehead atoms. The summed E-state index contributed by atoms with van der Waals surface area (Å²) in [5.74, 6) is -0.632. The van der Waals surface area contributed by atoms with E-state index >= 15 is 0 Å². The minimum Gasteiger partial charge on any atom is -0.294 e. The summed E-state index contributed by atoms with van der Waals surface area (Å²) in [5, 5.41) is 11.0. The molecule has 2 amide bonds. The molecular formula is C9H13N3O2. The topological polar surface area (TPSA) is 73.2 Å². The molecule has 1 fully saturated rings. The highest BCUT2D eigenvalue weighted by Gasteiger charge is 2.34. The van der Waals surface area contributed by atoms with Crippen LogP contribution in [0, 0.1) is 11.3 Å². The van der Waals surface area contributed by atoms with Crippen LogP contribution in [-0.4, -0.2) is 35.3 Å². The zero-order valence-corrected chi connectivity index (χ0v) is 8.28. The van der Waals surface area contributed by atoms with Gasteiger partial charge in [-0.15, -0.1) is 0 Å². The average molecular weight is 195 g/mol. The summed E-state index contributed by atoms with van der Waals surface area (Å²) < 4.78 is 0. The molecule has 76 valence electrons. The van der Waals surface area contributed by atoms with Crippen molar-refractivity contribution < 1.29 is 9.59 Å². The van der Waals surface area contributed by atoms with Crippen molar-refractivity contribution >= 4 is 11.8 Å². The van der Waals surface area contributed by atoms with Crippen LogP contribution < -0.4 is 5.32 Å². The van der Waals surface area contributed by atoms with Crippen LogP contribution in [0.3, 0.4) is 0 Å². The van der Waals surface area contributed by atoms with Gasteiger partial charge in [0.05, 0.1) is 24.7 Å². The van der Waals surface area contributed by atoms with Crippen molar-refractivity contribution in [1.82, 2.24) is 10.2 Å². The summed E-state index contributed by atoms with van der Waals surface area (Å²) in [6, 6.07) is 1.27. The molecule has 0 aromatic heterocycles. The van der Waals surface area contributed by atoms with Crippen LogP contribution >= 0.6 is 0 Å². The molecule has 1 aliphatic heterocycles. The fraction of sp³-hybridized carbons (Fsp3) is 0.667. The Morgan fingerprint density at radius 2 is 2.36 bits per heavy atom. The van der Waals surface area contributed by atoms with Gasteiger partial charge in [0.2, 0.25) is 11.8 Å². The van der Waals surface area contributed by atoms with Gasteiger partial charge < -0.3 is 0 Å². The number of hydrogen-bond acceptors (Lipinski definition) is 4. The van der Waals surface area contributed by atoms with Gasteiger partial charge in [0.1, 0.15) is 0 Å². The minimum atomic E-state index is -0.407. The molecule has 1 saturated heterocycles. The van der Waals surface area contributed by atoms with Gasteiger partial charge in [-0.2, -0.15) is 5.26 Å². The molecule has 0 saturated carbocycles. The second-order valence-corrected chi connectivity index (χ2v) is 3.31. The molecule has 0 aliphatic carbocycles. The first-order chi connectivity index (χ1) is 6.60. The van der Waals surface area contributed by atoms with E-state index in [1.54, 1.807) is 11.8 Å². The Morgan fingerprint density at radius 1 is 1.71 bits per heavy atom. The number of rotatable bonds is 2. The largest absolute Gasteiger partial charge is 0.294 e. The first-order valence-corrected chi connectivity index (χ1v) is 4.59. The van der Waals surface area contributed by atoms with Crippen molar-refractivity contribution in [2.24, 2.45) is 0 Å². The van der Waals surface area contributed by atoms with Gasteiger partial charge in [0.25, 0.3) is 0 Å². The number of nitrogens with zero attached hydrogens (tertiary/aromatic N) is 2. The zero-order valence-electron chi connectivity index (χ0n) is 8.28. The van der Waals surface area contributed by atoms with E-state index in [0.29, 0.717) is 6.42 Å². The van der Waals surface area contributed by atoms with E-state index in [0.717, 1.165) is 0 Å². The van der Waals surface area contributed by atoms with Gasteiger partial charge >= 0.3 is 0 Å². The normalized spacial score (nSPS) is 25.4. The Kier molecular flexibility index (Phi) is 3.20. The van der Waals surface area contributed by atoms with E-state index in [4.69, 9.17) is 5.26 Å². The van der Waals surface area contributed by atoms with Gasteiger partial charge in [0, 0.05) is 0 Å². The molecule has 2 atom stereocenters. The van der Waals surface area contributed by atoms with Crippen LogP contribution in [0.4, 0.5) is 0 Å². The van der Waals surface area contributed by atoms with E-state index in [2.05, 4.69) is 5.32 Å². The molecule has 1 heterocycles. The van der Waals surface area contributed by atoms with Crippen LogP contribution in [0.15, 0.2) is 0 Å². The van der Waals surface area contributed by atoms with E-state index in [9.17, 15) is 9.59 Å². The predicted molar refractivity (Wildman–Crippen MR) is 49.0 cm³/mol. The lowest BCUT2D eigenvalue weighted by Gasteiger charge is -2.34. The summed E-state index contributed by atoms with van der Waals surface area (Å²) >= 11 is 0. The van der Waals surface area contributed by atoms with E-state index in [-0.39, 0.29) is 24.4 Å². The van der Waals surface area contributed by atoms with Gasteiger partial charge in [0.15, 0.2) is 0 Å². The third kappa shape index (κ3) is 1.91. The van der Waals surface area contributed by atoms with Gasteiger partial charge in [-0.05, 0) is 13.3 Å². The monoisotopic (exact) mass is 195 g/mol. The first kappa shape index (κ1) is 10.7. The molecule has 0 radical (unpaired) electrons. The Morgan fingerprint density at radius 3 is 2.86 bits per heavy atom. The summed E-state index contributed by atoms with van der Waals surface area (Å²) in [6.07, 6.45) is 0.602. The number of nitrogens with one attached hydrogen (secondary N) is 1. The maximum atomic E-state index is 11.4. The molecule has 1 N–H and O–H groups in total. The number of hydrogen-bond donors (Lipinski definition) is 1. The predicted octanol–water partition coefficient (Wildman–Crippen LogP) is -0.365. The van der Waals surface area contributed by atoms with E-state index < -0.39 is 6.04 Å². The maximum absolute atomic E-state index is 11.4. The molecule has 14 heavy (non-hydrogen) atoms. The second kappa shape index (κ2) is 4.20. The quantitative estimate of drug-likeness (QED) is 0.610. The molecule has 2 unspecified atom stereocenters. The van der Waals surface area contributed by atoms with Crippen LogP contribution in [0.5, 0.6) is 0 Å². The van der Waals surface area contributed by atoms with E-state index in [1.807, 2.05) is 13.0 Å². The van der Waals surface area contributed by atoms with Crippen LogP contribution in [0.1, 0.15) is 20.3 Å². The third-order valence-electron chi connectivity index (χ3n) is 2.36. The highest BCUT2D eigenvalue weighted by atomic mass is 16.2. The second-order valence-electron chi connectivity index (χ2n) is 3.31. The van der Waals surface area contributed by atoms with Gasteiger partial charge in [-0.3, -0.25) is 19.8 Å². The summed E-state index contributed by atoms with van der Waals surface area (Å²) in [5.41, 5.74) is 0. The number of imide groups is 1. The summed E-state index contributed by atoms with van der Waals surface area (Å²) in [6.45, 7) is 3.67. The first-order valence-electron chi connectivity index (χ1n) is 4.59. The van der Waals surface area contributed by atoms with Crippen LogP contribution in [0.25, 0.3) is 0 Å². The lowest BCUT2D eigenvalue weighted by atomic mass is 10.1. The highest BCUT2D eigenvalue weighted by Crippen LogP contribution is 2.12. The number of carbonyl (C=O) groups is 2. The molecule has 0 spiro atoms. The smallest absolute Gasteiger partial charge is 0.243 e. The Balaban J connectivity index is 2.84. The number of amides is 2. The number of carbonyl (C=O) groups excluding carboxylic acids is 2. The van der Waals surface area contributed by atoms with Gasteiger partial charge in [-0.25, -0.2) is 0 Å². The zero-order chi connectivity index (χ0) is 10.7. The number of nitriles is 1. The summed E-state index contributed by atoms with van der Waals surface area (Å²) in [4.78, 5) is 24.1. The van der Waals surface area contributed by atoms with Crippen molar-refractivity contribution in [1.29, 1.82) is 5.26 Å². The van der Waals surface area contributed by atoms with Crippen molar-refractivity contribution in [3.63, 3.8) is 0 Å². The SMILES string of the molecule is CCC1C(=O)NC(=O)CN1C(C)C#N. The molecule has 1 rings (SSSR count). The molecule has 1 aliphatic rings. The molecule has 5 nitrogen and oxygen atoms in total. The summed E-state index contributed by atoms with van der Waals surface area (Å²) in [7, 11) is 0. The fourth-order valence-corrected chi connectivity index (χ4v) is 1.59. The average Bonchev–Trinajstić information content (AvgIpc) is 2.15.